The summed E-state index contributed by atoms with van der Waals surface area (Å²) < 4.78 is 25.1. The van der Waals surface area contributed by atoms with Crippen LogP contribution in [0.15, 0.2) is 18.2 Å². The van der Waals surface area contributed by atoms with Gasteiger partial charge < -0.3 is 14.4 Å². The van der Waals surface area contributed by atoms with Gasteiger partial charge in [-0.1, -0.05) is 6.07 Å². The molecular weight excluding hydrogens is 349 g/mol. The minimum Gasteiger partial charge on any atom is -0.496 e. The Morgan fingerprint density at radius 1 is 1.15 bits per heavy atom. The number of rotatable bonds is 3. The molecule has 2 fully saturated rings. The minimum absolute atomic E-state index is 0.0220. The number of hydrogen-bond donors (Lipinski definition) is 0. The standard InChI is InChI=1S/C21H28FNO4/c1-21(2,3)27-20(25)23-14-7-5-8-15(23)12-13(11-14)19(24)18-16(22)9-6-10-17(18)26-4/h6,9-10,13-15H,5,7-8,11-12H2,1-4H3. The van der Waals surface area contributed by atoms with Crippen LogP contribution in [0.3, 0.4) is 0 Å². The molecule has 2 bridgehead atoms. The molecule has 0 radical (unpaired) electrons. The van der Waals surface area contributed by atoms with Gasteiger partial charge in [-0.3, -0.25) is 4.79 Å². The lowest BCUT2D eigenvalue weighted by Gasteiger charge is -2.48. The summed E-state index contributed by atoms with van der Waals surface area (Å²) in [6.07, 6.45) is 3.46. The number of carbonyl (C=O) groups is 2. The predicted molar refractivity (Wildman–Crippen MR) is 99.5 cm³/mol. The molecule has 2 aliphatic heterocycles. The summed E-state index contributed by atoms with van der Waals surface area (Å²) in [5, 5.41) is 0. The van der Waals surface area contributed by atoms with Gasteiger partial charge in [0.05, 0.1) is 12.7 Å². The zero-order valence-corrected chi connectivity index (χ0v) is 16.5. The van der Waals surface area contributed by atoms with Gasteiger partial charge in [0.15, 0.2) is 5.78 Å². The van der Waals surface area contributed by atoms with Crippen molar-refractivity contribution < 1.29 is 23.5 Å². The number of ether oxygens (including phenoxy) is 2. The fraction of sp³-hybridized carbons (Fsp3) is 0.619. The van der Waals surface area contributed by atoms with Crippen LogP contribution in [0.2, 0.25) is 0 Å². The Morgan fingerprint density at radius 2 is 1.78 bits per heavy atom. The van der Waals surface area contributed by atoms with Crippen LogP contribution in [-0.2, 0) is 4.74 Å². The van der Waals surface area contributed by atoms with Gasteiger partial charge in [0.1, 0.15) is 17.2 Å². The number of methoxy groups -OCH3 is 1. The molecule has 0 aromatic heterocycles. The Labute approximate surface area is 159 Å². The first kappa shape index (κ1) is 19.6. The van der Waals surface area contributed by atoms with E-state index in [1.54, 1.807) is 6.07 Å². The molecule has 1 aromatic rings. The maximum absolute atomic E-state index is 14.3. The van der Waals surface area contributed by atoms with Gasteiger partial charge in [-0.2, -0.15) is 0 Å². The number of halogens is 1. The second kappa shape index (κ2) is 7.49. The van der Waals surface area contributed by atoms with Gasteiger partial charge in [-0.15, -0.1) is 0 Å². The zero-order valence-electron chi connectivity index (χ0n) is 16.5. The molecule has 2 aliphatic rings. The Balaban J connectivity index is 1.81. The lowest BCUT2D eigenvalue weighted by molar-refractivity contribution is -0.0261. The van der Waals surface area contributed by atoms with Crippen molar-refractivity contribution in [3.63, 3.8) is 0 Å². The fourth-order valence-corrected chi connectivity index (χ4v) is 4.33. The van der Waals surface area contributed by atoms with Crippen LogP contribution < -0.4 is 4.74 Å². The molecule has 1 aromatic carbocycles. The first-order valence-electron chi connectivity index (χ1n) is 9.59. The van der Waals surface area contributed by atoms with Crippen molar-refractivity contribution in [1.82, 2.24) is 4.90 Å². The molecule has 0 N–H and O–H groups in total. The monoisotopic (exact) mass is 377 g/mol. The van der Waals surface area contributed by atoms with E-state index in [1.165, 1.54) is 19.2 Å². The van der Waals surface area contributed by atoms with Crippen LogP contribution in [0.25, 0.3) is 0 Å². The van der Waals surface area contributed by atoms with Crippen molar-refractivity contribution in [2.75, 3.05) is 7.11 Å². The normalized spacial score (nSPS) is 25.1. The lowest BCUT2D eigenvalue weighted by Crippen LogP contribution is -2.56. The summed E-state index contributed by atoms with van der Waals surface area (Å²) in [6, 6.07) is 4.34. The molecule has 148 valence electrons. The van der Waals surface area contributed by atoms with Crippen LogP contribution >= 0.6 is 0 Å². The van der Waals surface area contributed by atoms with Gasteiger partial charge in [-0.05, 0) is 65.0 Å². The minimum atomic E-state index is -0.557. The maximum atomic E-state index is 14.3. The molecule has 0 aliphatic carbocycles. The van der Waals surface area contributed by atoms with E-state index in [4.69, 9.17) is 9.47 Å². The molecule has 0 spiro atoms. The average molecular weight is 377 g/mol. The molecule has 2 saturated heterocycles. The zero-order chi connectivity index (χ0) is 19.8. The Kier molecular flexibility index (Phi) is 5.45. The number of hydrogen-bond acceptors (Lipinski definition) is 4. The van der Waals surface area contributed by atoms with Crippen molar-refractivity contribution in [1.29, 1.82) is 0 Å². The Bertz CT molecular complexity index is 713. The van der Waals surface area contributed by atoms with Crippen molar-refractivity contribution in [2.24, 2.45) is 5.92 Å². The third kappa shape index (κ3) is 4.09. The molecule has 2 heterocycles. The summed E-state index contributed by atoms with van der Waals surface area (Å²) >= 11 is 0. The summed E-state index contributed by atoms with van der Waals surface area (Å²) in [5.74, 6) is -0.839. The molecule has 0 saturated carbocycles. The summed E-state index contributed by atoms with van der Waals surface area (Å²) in [5.41, 5.74) is -0.535. The molecule has 2 atom stereocenters. The summed E-state index contributed by atoms with van der Waals surface area (Å²) in [7, 11) is 1.44. The number of carbonyl (C=O) groups excluding carboxylic acids is 2. The molecule has 2 unspecified atom stereocenters. The highest BCUT2D eigenvalue weighted by Crippen LogP contribution is 2.40. The number of Topliss-reactive ketones (excluding diaryl/α,β-unsaturated/α-hetero) is 1. The maximum Gasteiger partial charge on any atom is 0.410 e. The van der Waals surface area contributed by atoms with E-state index in [0.717, 1.165) is 19.3 Å². The number of nitrogens with zero attached hydrogens (tertiary/aromatic N) is 1. The topological polar surface area (TPSA) is 55.8 Å². The molecular formula is C21H28FNO4. The van der Waals surface area contributed by atoms with Crippen LogP contribution in [0.1, 0.15) is 63.2 Å². The number of benzene rings is 1. The van der Waals surface area contributed by atoms with E-state index in [1.807, 2.05) is 25.7 Å². The molecule has 5 nitrogen and oxygen atoms in total. The van der Waals surface area contributed by atoms with Crippen molar-refractivity contribution in [3.8, 4) is 5.75 Å². The van der Waals surface area contributed by atoms with Gasteiger partial charge >= 0.3 is 6.09 Å². The number of amides is 1. The highest BCUT2D eigenvalue weighted by molar-refractivity contribution is 6.00. The Morgan fingerprint density at radius 3 is 2.33 bits per heavy atom. The van der Waals surface area contributed by atoms with Crippen molar-refractivity contribution >= 4 is 11.9 Å². The van der Waals surface area contributed by atoms with Crippen LogP contribution in [-0.4, -0.2) is 41.6 Å². The first-order chi connectivity index (χ1) is 12.7. The Hall–Kier alpha value is -2.11. The predicted octanol–water partition coefficient (Wildman–Crippen LogP) is 4.59. The quantitative estimate of drug-likeness (QED) is 0.723. The largest absolute Gasteiger partial charge is 0.496 e. The second-order valence-electron chi connectivity index (χ2n) is 8.48. The highest BCUT2D eigenvalue weighted by atomic mass is 19.1. The van der Waals surface area contributed by atoms with Gasteiger partial charge in [0, 0.05) is 18.0 Å². The van der Waals surface area contributed by atoms with Crippen LogP contribution in [0.4, 0.5) is 9.18 Å². The molecule has 3 rings (SSSR count). The average Bonchev–Trinajstić information content (AvgIpc) is 2.58. The second-order valence-corrected chi connectivity index (χ2v) is 8.48. The van der Waals surface area contributed by atoms with Crippen molar-refractivity contribution in [3.05, 3.63) is 29.6 Å². The van der Waals surface area contributed by atoms with Gasteiger partial charge in [0.2, 0.25) is 0 Å². The number of piperidine rings is 2. The summed E-state index contributed by atoms with van der Waals surface area (Å²) in [4.78, 5) is 27.6. The third-order valence-electron chi connectivity index (χ3n) is 5.39. The van der Waals surface area contributed by atoms with Gasteiger partial charge in [0.25, 0.3) is 0 Å². The first-order valence-corrected chi connectivity index (χ1v) is 9.59. The van der Waals surface area contributed by atoms with E-state index < -0.39 is 11.4 Å². The SMILES string of the molecule is COc1cccc(F)c1C(=O)C1CC2CCCC(C1)N2C(=O)OC(C)(C)C. The van der Waals surface area contributed by atoms with Crippen LogP contribution in [0, 0.1) is 11.7 Å². The fourth-order valence-electron chi connectivity index (χ4n) is 4.33. The van der Waals surface area contributed by atoms with E-state index >= 15 is 0 Å². The molecule has 6 heteroatoms. The summed E-state index contributed by atoms with van der Waals surface area (Å²) in [6.45, 7) is 5.55. The van der Waals surface area contributed by atoms with E-state index in [0.29, 0.717) is 12.8 Å². The number of ketones is 1. The molecule has 1 amide bonds. The highest BCUT2D eigenvalue weighted by Gasteiger charge is 2.45. The number of fused-ring (bicyclic) bond motifs is 2. The van der Waals surface area contributed by atoms with E-state index in [2.05, 4.69) is 0 Å². The van der Waals surface area contributed by atoms with E-state index in [9.17, 15) is 14.0 Å². The third-order valence-corrected chi connectivity index (χ3v) is 5.39. The van der Waals surface area contributed by atoms with Crippen LogP contribution in [0.5, 0.6) is 5.75 Å². The molecule has 27 heavy (non-hydrogen) atoms. The van der Waals surface area contributed by atoms with E-state index in [-0.39, 0.29) is 41.2 Å². The smallest absolute Gasteiger partial charge is 0.410 e. The lowest BCUT2D eigenvalue weighted by atomic mass is 9.75. The van der Waals surface area contributed by atoms with Crippen molar-refractivity contribution in [2.45, 2.75) is 70.6 Å². The van der Waals surface area contributed by atoms with Gasteiger partial charge in [-0.25, -0.2) is 9.18 Å².